The van der Waals surface area contributed by atoms with Crippen LogP contribution in [-0.4, -0.2) is 29.1 Å². The minimum absolute atomic E-state index is 0.181. The number of fused-ring (bicyclic) bond motifs is 3. The minimum atomic E-state index is -0.196. The molecule has 4 rings (SSSR count). The maximum Gasteiger partial charge on any atom is 0.325 e. The SMILES string of the molecule is CCOC(=O)Cn1c2c(c3ccccc31)C[C@H](NC(=O)CCC1CCCC1)CC2. The van der Waals surface area contributed by atoms with Crippen LogP contribution >= 0.6 is 0 Å². The standard InChI is InChI=1S/C24H32N2O3/c1-2-29-24(28)16-26-21-10-6-5-9-19(21)20-15-18(12-13-22(20)26)25-23(27)14-11-17-7-3-4-8-17/h5-6,9-10,17-18H,2-4,7-8,11-16H2,1H3,(H,25,27)/t18-/m1/s1. The molecule has 1 fully saturated rings. The summed E-state index contributed by atoms with van der Waals surface area (Å²) in [5.41, 5.74) is 3.58. The molecule has 156 valence electrons. The third-order valence-electron chi connectivity index (χ3n) is 6.59. The van der Waals surface area contributed by atoms with E-state index in [-0.39, 0.29) is 24.5 Å². The van der Waals surface area contributed by atoms with Crippen LogP contribution in [0, 0.1) is 5.92 Å². The molecule has 0 saturated heterocycles. The molecule has 1 heterocycles. The lowest BCUT2D eigenvalue weighted by Gasteiger charge is -2.25. The summed E-state index contributed by atoms with van der Waals surface area (Å²) in [5.74, 6) is 0.749. The van der Waals surface area contributed by atoms with Crippen molar-refractivity contribution in [1.82, 2.24) is 9.88 Å². The molecule has 2 aliphatic carbocycles. The van der Waals surface area contributed by atoms with E-state index in [4.69, 9.17) is 4.74 Å². The molecule has 1 amide bonds. The second-order valence-corrected chi connectivity index (χ2v) is 8.53. The number of nitrogens with zero attached hydrogens (tertiary/aromatic N) is 1. The van der Waals surface area contributed by atoms with Crippen molar-refractivity contribution in [3.05, 3.63) is 35.5 Å². The van der Waals surface area contributed by atoms with Gasteiger partial charge in [0.15, 0.2) is 0 Å². The Morgan fingerprint density at radius 3 is 2.76 bits per heavy atom. The molecule has 1 aromatic carbocycles. The van der Waals surface area contributed by atoms with E-state index in [1.807, 2.05) is 19.1 Å². The summed E-state index contributed by atoms with van der Waals surface area (Å²) < 4.78 is 7.29. The Hall–Kier alpha value is -2.30. The van der Waals surface area contributed by atoms with Gasteiger partial charge in [0, 0.05) is 29.1 Å². The van der Waals surface area contributed by atoms with Crippen LogP contribution in [0.2, 0.25) is 0 Å². The second kappa shape index (κ2) is 9.02. The van der Waals surface area contributed by atoms with E-state index in [1.165, 1.54) is 42.3 Å². The molecule has 5 heteroatoms. The molecule has 1 aromatic heterocycles. The minimum Gasteiger partial charge on any atom is -0.465 e. The topological polar surface area (TPSA) is 60.3 Å². The van der Waals surface area contributed by atoms with Crippen LogP contribution in [0.15, 0.2) is 24.3 Å². The Labute approximate surface area is 172 Å². The van der Waals surface area contributed by atoms with Gasteiger partial charge in [-0.15, -0.1) is 0 Å². The molecular formula is C24H32N2O3. The van der Waals surface area contributed by atoms with Gasteiger partial charge in [-0.25, -0.2) is 0 Å². The van der Waals surface area contributed by atoms with Crippen LogP contribution in [0.3, 0.4) is 0 Å². The Kier molecular flexibility index (Phi) is 6.22. The number of amides is 1. The van der Waals surface area contributed by atoms with E-state index in [2.05, 4.69) is 22.0 Å². The Balaban J connectivity index is 1.45. The van der Waals surface area contributed by atoms with E-state index < -0.39 is 0 Å². The van der Waals surface area contributed by atoms with Gasteiger partial charge in [0.25, 0.3) is 0 Å². The quantitative estimate of drug-likeness (QED) is 0.715. The summed E-state index contributed by atoms with van der Waals surface area (Å²) in [6.45, 7) is 2.48. The van der Waals surface area contributed by atoms with Crippen molar-refractivity contribution in [2.45, 2.75) is 77.3 Å². The van der Waals surface area contributed by atoms with Crippen LogP contribution in [0.5, 0.6) is 0 Å². The zero-order valence-electron chi connectivity index (χ0n) is 17.4. The maximum atomic E-state index is 12.5. The molecule has 0 radical (unpaired) electrons. The van der Waals surface area contributed by atoms with E-state index >= 15 is 0 Å². The highest BCUT2D eigenvalue weighted by Crippen LogP contribution is 2.33. The molecule has 5 nitrogen and oxygen atoms in total. The van der Waals surface area contributed by atoms with E-state index in [9.17, 15) is 9.59 Å². The first kappa shape index (κ1) is 20.0. The molecule has 1 saturated carbocycles. The zero-order chi connectivity index (χ0) is 20.2. The van der Waals surface area contributed by atoms with Gasteiger partial charge in [-0.1, -0.05) is 43.9 Å². The molecule has 29 heavy (non-hydrogen) atoms. The first-order chi connectivity index (χ1) is 14.2. The van der Waals surface area contributed by atoms with Gasteiger partial charge in [0.1, 0.15) is 6.54 Å². The number of carbonyl (C=O) groups is 2. The molecule has 0 unspecified atom stereocenters. The van der Waals surface area contributed by atoms with Gasteiger partial charge in [-0.3, -0.25) is 9.59 Å². The lowest BCUT2D eigenvalue weighted by molar-refractivity contribution is -0.143. The fourth-order valence-corrected chi connectivity index (χ4v) is 5.17. The van der Waals surface area contributed by atoms with Crippen molar-refractivity contribution in [2.24, 2.45) is 5.92 Å². The number of hydrogen-bond acceptors (Lipinski definition) is 3. The summed E-state index contributed by atoms with van der Waals surface area (Å²) in [6, 6.07) is 8.43. The van der Waals surface area contributed by atoms with E-state index in [1.54, 1.807) is 0 Å². The van der Waals surface area contributed by atoms with Crippen molar-refractivity contribution in [3.8, 4) is 0 Å². The van der Waals surface area contributed by atoms with Crippen molar-refractivity contribution in [2.75, 3.05) is 6.61 Å². The van der Waals surface area contributed by atoms with Crippen molar-refractivity contribution < 1.29 is 14.3 Å². The first-order valence-electron chi connectivity index (χ1n) is 11.2. The summed E-state index contributed by atoms with van der Waals surface area (Å²) in [6.07, 6.45) is 9.54. The van der Waals surface area contributed by atoms with E-state index in [0.717, 1.165) is 37.1 Å². The first-order valence-corrected chi connectivity index (χ1v) is 11.2. The van der Waals surface area contributed by atoms with Crippen molar-refractivity contribution in [1.29, 1.82) is 0 Å². The smallest absolute Gasteiger partial charge is 0.325 e. The van der Waals surface area contributed by atoms with Gasteiger partial charge < -0.3 is 14.6 Å². The molecule has 1 atom stereocenters. The third kappa shape index (κ3) is 4.49. The lowest BCUT2D eigenvalue weighted by atomic mass is 9.91. The van der Waals surface area contributed by atoms with Crippen molar-refractivity contribution >= 4 is 22.8 Å². The number of rotatable bonds is 7. The second-order valence-electron chi connectivity index (χ2n) is 8.53. The average Bonchev–Trinajstić information content (AvgIpc) is 3.34. The molecule has 0 bridgehead atoms. The maximum absolute atomic E-state index is 12.5. The highest BCUT2D eigenvalue weighted by atomic mass is 16.5. The van der Waals surface area contributed by atoms with Crippen LogP contribution in [-0.2, 0) is 33.7 Å². The van der Waals surface area contributed by atoms with Crippen LogP contribution in [0.4, 0.5) is 0 Å². The summed E-state index contributed by atoms with van der Waals surface area (Å²) in [5, 5.41) is 4.47. The molecule has 1 N–H and O–H groups in total. The zero-order valence-corrected chi connectivity index (χ0v) is 17.4. The van der Waals surface area contributed by atoms with Gasteiger partial charge in [-0.2, -0.15) is 0 Å². The van der Waals surface area contributed by atoms with Gasteiger partial charge >= 0.3 is 5.97 Å². The van der Waals surface area contributed by atoms with Crippen LogP contribution < -0.4 is 5.32 Å². The molecule has 0 spiro atoms. The highest BCUT2D eigenvalue weighted by molar-refractivity contribution is 5.87. The highest BCUT2D eigenvalue weighted by Gasteiger charge is 2.27. The van der Waals surface area contributed by atoms with E-state index in [0.29, 0.717) is 13.0 Å². The predicted molar refractivity (Wildman–Crippen MR) is 114 cm³/mol. The fraction of sp³-hybridized carbons (Fsp3) is 0.583. The summed E-state index contributed by atoms with van der Waals surface area (Å²) in [4.78, 5) is 24.6. The number of benzene rings is 1. The third-order valence-corrected chi connectivity index (χ3v) is 6.59. The number of hydrogen-bond donors (Lipinski definition) is 1. The molecule has 2 aliphatic rings. The number of aromatic nitrogens is 1. The predicted octanol–water partition coefficient (Wildman–Crippen LogP) is 4.15. The molecular weight excluding hydrogens is 364 g/mol. The normalized spacial score (nSPS) is 19.3. The Bertz CT molecular complexity index is 880. The number of nitrogens with one attached hydrogen (secondary N) is 1. The van der Waals surface area contributed by atoms with Gasteiger partial charge in [0.2, 0.25) is 5.91 Å². The Morgan fingerprint density at radius 2 is 1.97 bits per heavy atom. The van der Waals surface area contributed by atoms with Crippen LogP contribution in [0.1, 0.15) is 63.1 Å². The van der Waals surface area contributed by atoms with Crippen molar-refractivity contribution in [3.63, 3.8) is 0 Å². The molecule has 2 aromatic rings. The van der Waals surface area contributed by atoms with Gasteiger partial charge in [0.05, 0.1) is 6.61 Å². The Morgan fingerprint density at radius 1 is 1.17 bits per heavy atom. The average molecular weight is 397 g/mol. The fourth-order valence-electron chi connectivity index (χ4n) is 5.17. The monoisotopic (exact) mass is 396 g/mol. The van der Waals surface area contributed by atoms with Crippen LogP contribution in [0.25, 0.3) is 10.9 Å². The number of carbonyl (C=O) groups excluding carboxylic acids is 2. The summed E-state index contributed by atoms with van der Waals surface area (Å²) >= 11 is 0. The summed E-state index contributed by atoms with van der Waals surface area (Å²) in [7, 11) is 0. The number of ether oxygens (including phenoxy) is 1. The molecule has 0 aliphatic heterocycles. The number of para-hydroxylation sites is 1. The lowest BCUT2D eigenvalue weighted by Crippen LogP contribution is -2.39. The number of esters is 1. The van der Waals surface area contributed by atoms with Gasteiger partial charge in [-0.05, 0) is 50.2 Å². The largest absolute Gasteiger partial charge is 0.465 e.